The first-order valence-electron chi connectivity index (χ1n) is 6.82. The van der Waals surface area contributed by atoms with Crippen LogP contribution in [-0.4, -0.2) is 29.8 Å². The average Bonchev–Trinajstić information content (AvgIpc) is 2.74. The highest BCUT2D eigenvalue weighted by Gasteiger charge is 2.43. The molecule has 1 N–H and O–H groups in total. The predicted molar refractivity (Wildman–Crippen MR) is 68.3 cm³/mol. The van der Waals surface area contributed by atoms with Crippen molar-refractivity contribution >= 4 is 0 Å². The topological polar surface area (TPSA) is 60.2 Å². The molecular formula is C13H23N3O2. The lowest BCUT2D eigenvalue weighted by molar-refractivity contribution is -0.0858. The zero-order valence-corrected chi connectivity index (χ0v) is 11.5. The summed E-state index contributed by atoms with van der Waals surface area (Å²) in [5.74, 6) is 1.42. The van der Waals surface area contributed by atoms with Crippen molar-refractivity contribution in [3.8, 4) is 0 Å². The van der Waals surface area contributed by atoms with Crippen molar-refractivity contribution < 1.29 is 9.26 Å². The molecule has 0 saturated heterocycles. The first-order chi connectivity index (χ1) is 8.70. The van der Waals surface area contributed by atoms with E-state index in [1.54, 1.807) is 7.11 Å². The van der Waals surface area contributed by atoms with Gasteiger partial charge in [0.25, 0.3) is 0 Å². The first kappa shape index (κ1) is 13.5. The fourth-order valence-corrected chi connectivity index (χ4v) is 2.26. The van der Waals surface area contributed by atoms with Gasteiger partial charge in [0.15, 0.2) is 0 Å². The smallest absolute Gasteiger partial charge is 0.228 e. The van der Waals surface area contributed by atoms with Gasteiger partial charge in [-0.3, -0.25) is 0 Å². The van der Waals surface area contributed by atoms with Gasteiger partial charge in [-0.1, -0.05) is 12.1 Å². The van der Waals surface area contributed by atoms with Crippen molar-refractivity contribution in [3.05, 3.63) is 11.7 Å². The van der Waals surface area contributed by atoms with E-state index in [-0.39, 0.29) is 5.60 Å². The van der Waals surface area contributed by atoms with Gasteiger partial charge in [-0.05, 0) is 39.2 Å². The molecule has 5 heteroatoms. The summed E-state index contributed by atoms with van der Waals surface area (Å²) in [7, 11) is 1.72. The van der Waals surface area contributed by atoms with Crippen LogP contribution in [-0.2, 0) is 16.8 Å². The molecule has 1 aromatic heterocycles. The number of aromatic nitrogens is 2. The van der Waals surface area contributed by atoms with Crippen molar-refractivity contribution in [1.82, 2.24) is 15.5 Å². The second kappa shape index (κ2) is 5.80. The molecule has 0 radical (unpaired) electrons. The lowest BCUT2D eigenvalue weighted by Gasteiger charge is -2.37. The van der Waals surface area contributed by atoms with E-state index in [1.807, 2.05) is 0 Å². The SMILES string of the molecule is CCCNC(C)Cc1nc(C2(OC)CCC2)no1. The Hall–Kier alpha value is -0.940. The molecule has 0 spiro atoms. The van der Waals surface area contributed by atoms with Crippen molar-refractivity contribution in [3.63, 3.8) is 0 Å². The van der Waals surface area contributed by atoms with E-state index in [0.717, 1.165) is 32.2 Å². The van der Waals surface area contributed by atoms with Gasteiger partial charge >= 0.3 is 0 Å². The molecule has 102 valence electrons. The molecule has 18 heavy (non-hydrogen) atoms. The quantitative estimate of drug-likeness (QED) is 0.805. The van der Waals surface area contributed by atoms with Crippen molar-refractivity contribution in [2.45, 2.75) is 57.6 Å². The van der Waals surface area contributed by atoms with Crippen LogP contribution < -0.4 is 5.32 Å². The Bertz CT molecular complexity index is 369. The largest absolute Gasteiger partial charge is 0.370 e. The van der Waals surface area contributed by atoms with Crippen LogP contribution in [0, 0.1) is 0 Å². The van der Waals surface area contributed by atoms with Crippen molar-refractivity contribution in [2.24, 2.45) is 0 Å². The Morgan fingerprint density at radius 2 is 2.28 bits per heavy atom. The third kappa shape index (κ3) is 2.72. The van der Waals surface area contributed by atoms with Crippen LogP contribution in [0.3, 0.4) is 0 Å². The Morgan fingerprint density at radius 3 is 2.83 bits per heavy atom. The van der Waals surface area contributed by atoms with Gasteiger partial charge in [-0.25, -0.2) is 0 Å². The summed E-state index contributed by atoms with van der Waals surface area (Å²) in [6.07, 6.45) is 5.06. The van der Waals surface area contributed by atoms with Crippen LogP contribution in [0.4, 0.5) is 0 Å². The molecule has 1 fully saturated rings. The Balaban J connectivity index is 1.93. The number of ether oxygens (including phenoxy) is 1. The molecule has 0 amide bonds. The number of rotatable bonds is 7. The molecule has 0 aromatic carbocycles. The zero-order valence-electron chi connectivity index (χ0n) is 11.5. The van der Waals surface area contributed by atoms with Crippen LogP contribution in [0.15, 0.2) is 4.52 Å². The van der Waals surface area contributed by atoms with E-state index in [0.29, 0.717) is 17.8 Å². The summed E-state index contributed by atoms with van der Waals surface area (Å²) in [4.78, 5) is 4.48. The van der Waals surface area contributed by atoms with Gasteiger partial charge in [-0.15, -0.1) is 0 Å². The normalized spacial score (nSPS) is 19.5. The molecular weight excluding hydrogens is 230 g/mol. The number of methoxy groups -OCH3 is 1. The molecule has 0 bridgehead atoms. The minimum absolute atomic E-state index is 0.276. The fourth-order valence-electron chi connectivity index (χ4n) is 2.26. The highest BCUT2D eigenvalue weighted by molar-refractivity contribution is 5.06. The standard InChI is InChI=1S/C13H23N3O2/c1-4-8-14-10(2)9-11-15-12(16-18-11)13(17-3)6-5-7-13/h10,14H,4-9H2,1-3H3. The maximum atomic E-state index is 5.54. The van der Waals surface area contributed by atoms with Gasteiger partial charge < -0.3 is 14.6 Å². The molecule has 1 saturated carbocycles. The summed E-state index contributed by atoms with van der Waals surface area (Å²) >= 11 is 0. The molecule has 1 aromatic rings. The third-order valence-electron chi connectivity index (χ3n) is 3.65. The van der Waals surface area contributed by atoms with Gasteiger partial charge in [0, 0.05) is 19.6 Å². The third-order valence-corrected chi connectivity index (χ3v) is 3.65. The Labute approximate surface area is 108 Å². The van der Waals surface area contributed by atoms with Gasteiger partial charge in [-0.2, -0.15) is 4.98 Å². The highest BCUT2D eigenvalue weighted by Crippen LogP contribution is 2.42. The molecule has 2 rings (SSSR count). The minimum Gasteiger partial charge on any atom is -0.370 e. The Morgan fingerprint density at radius 1 is 1.50 bits per heavy atom. The zero-order chi connectivity index (χ0) is 13.0. The fraction of sp³-hybridized carbons (Fsp3) is 0.846. The summed E-state index contributed by atoms with van der Waals surface area (Å²) < 4.78 is 10.9. The van der Waals surface area contributed by atoms with E-state index >= 15 is 0 Å². The summed E-state index contributed by atoms with van der Waals surface area (Å²) in [6.45, 7) is 5.31. The van der Waals surface area contributed by atoms with Crippen LogP contribution in [0.5, 0.6) is 0 Å². The summed E-state index contributed by atoms with van der Waals surface area (Å²) in [5, 5.41) is 7.49. The maximum Gasteiger partial charge on any atom is 0.228 e. The van der Waals surface area contributed by atoms with Gasteiger partial charge in [0.05, 0.1) is 0 Å². The van der Waals surface area contributed by atoms with Crippen molar-refractivity contribution in [2.75, 3.05) is 13.7 Å². The maximum absolute atomic E-state index is 5.54. The van der Waals surface area contributed by atoms with E-state index in [2.05, 4.69) is 29.3 Å². The predicted octanol–water partition coefficient (Wildman–Crippen LogP) is 2.03. The molecule has 5 nitrogen and oxygen atoms in total. The number of hydrogen-bond donors (Lipinski definition) is 1. The van der Waals surface area contributed by atoms with Crippen LogP contribution >= 0.6 is 0 Å². The second-order valence-corrected chi connectivity index (χ2v) is 5.12. The van der Waals surface area contributed by atoms with Crippen molar-refractivity contribution in [1.29, 1.82) is 0 Å². The summed E-state index contributed by atoms with van der Waals surface area (Å²) in [5.41, 5.74) is -0.276. The molecule has 1 atom stereocenters. The number of hydrogen-bond acceptors (Lipinski definition) is 5. The Kier molecular flexibility index (Phi) is 4.35. The lowest BCUT2D eigenvalue weighted by Crippen LogP contribution is -2.37. The number of nitrogens with one attached hydrogen (secondary N) is 1. The lowest BCUT2D eigenvalue weighted by atomic mass is 9.79. The molecule has 0 aliphatic heterocycles. The van der Waals surface area contributed by atoms with Crippen LogP contribution in [0.25, 0.3) is 0 Å². The first-order valence-corrected chi connectivity index (χ1v) is 6.82. The van der Waals surface area contributed by atoms with E-state index in [9.17, 15) is 0 Å². The molecule has 1 aliphatic rings. The summed E-state index contributed by atoms with van der Waals surface area (Å²) in [6, 6.07) is 0.359. The van der Waals surface area contributed by atoms with E-state index < -0.39 is 0 Å². The highest BCUT2D eigenvalue weighted by atomic mass is 16.5. The molecule has 1 aliphatic carbocycles. The minimum atomic E-state index is -0.276. The van der Waals surface area contributed by atoms with Crippen LogP contribution in [0.1, 0.15) is 51.2 Å². The molecule has 1 unspecified atom stereocenters. The second-order valence-electron chi connectivity index (χ2n) is 5.12. The average molecular weight is 253 g/mol. The monoisotopic (exact) mass is 253 g/mol. The van der Waals surface area contributed by atoms with E-state index in [1.165, 1.54) is 6.42 Å². The van der Waals surface area contributed by atoms with Crippen LogP contribution in [0.2, 0.25) is 0 Å². The van der Waals surface area contributed by atoms with E-state index in [4.69, 9.17) is 9.26 Å². The van der Waals surface area contributed by atoms with Gasteiger partial charge in [0.2, 0.25) is 11.7 Å². The number of nitrogens with zero attached hydrogens (tertiary/aromatic N) is 2. The van der Waals surface area contributed by atoms with Gasteiger partial charge in [0.1, 0.15) is 5.60 Å². The molecule has 1 heterocycles.